The van der Waals surface area contributed by atoms with Gasteiger partial charge in [0.05, 0.1) is 25.7 Å². The van der Waals surface area contributed by atoms with Crippen LogP contribution in [0, 0.1) is 5.92 Å². The Morgan fingerprint density at radius 3 is 2.35 bits per heavy atom. The van der Waals surface area contributed by atoms with Gasteiger partial charge in [-0.05, 0) is 0 Å². The number of nitrogens with one attached hydrogen (secondary N) is 1. The second-order valence-electron chi connectivity index (χ2n) is 6.00. The van der Waals surface area contributed by atoms with Crippen molar-refractivity contribution in [1.82, 2.24) is 20.0 Å². The molecule has 0 saturated carbocycles. The Morgan fingerprint density at radius 1 is 1.04 bits per heavy atom. The molecule has 1 unspecified atom stereocenters. The molecule has 1 N–H and O–H groups in total. The molecule has 0 bridgehead atoms. The zero-order chi connectivity index (χ0) is 16.8. The Balaban J connectivity index is 1.98. The Bertz CT molecular complexity index is 451. The van der Waals surface area contributed by atoms with Gasteiger partial charge < -0.3 is 19.9 Å². The molecule has 2 heterocycles. The van der Waals surface area contributed by atoms with Crippen LogP contribution in [0.4, 0.5) is 0 Å². The van der Waals surface area contributed by atoms with E-state index in [1.807, 2.05) is 4.90 Å². The molecule has 130 valence electrons. The lowest BCUT2D eigenvalue weighted by Crippen LogP contribution is -2.47. The van der Waals surface area contributed by atoms with E-state index in [0.29, 0.717) is 52.5 Å². The molecule has 0 aromatic heterocycles. The van der Waals surface area contributed by atoms with Gasteiger partial charge in [-0.2, -0.15) is 0 Å². The van der Waals surface area contributed by atoms with Gasteiger partial charge in [0.25, 0.3) is 0 Å². The molecule has 0 aliphatic carbocycles. The topological polar surface area (TPSA) is 82.2 Å². The molecule has 2 aliphatic heterocycles. The summed E-state index contributed by atoms with van der Waals surface area (Å²) in [6.45, 7) is 6.19. The zero-order valence-electron chi connectivity index (χ0n) is 13.9. The predicted octanol–water partition coefficient (Wildman–Crippen LogP) is -1.63. The standard InChI is InChI=1S/C15H26N4O4/c1-12(20)19-4-3-17(9-13(10-19)15(22)16-2)11-14(21)18-5-7-23-8-6-18/h13H,3-11H2,1-2H3,(H,16,22). The number of morpholine rings is 1. The van der Waals surface area contributed by atoms with Crippen molar-refractivity contribution in [2.45, 2.75) is 6.92 Å². The number of hydrogen-bond donors (Lipinski definition) is 1. The third-order valence-electron chi connectivity index (χ3n) is 4.39. The maximum atomic E-state index is 12.4. The maximum absolute atomic E-state index is 12.4. The van der Waals surface area contributed by atoms with Crippen LogP contribution in [0.1, 0.15) is 6.92 Å². The van der Waals surface area contributed by atoms with E-state index >= 15 is 0 Å². The monoisotopic (exact) mass is 326 g/mol. The number of carbonyl (C=O) groups excluding carboxylic acids is 3. The second-order valence-corrected chi connectivity index (χ2v) is 6.00. The summed E-state index contributed by atoms with van der Waals surface area (Å²) in [7, 11) is 1.59. The third kappa shape index (κ3) is 4.90. The number of carbonyl (C=O) groups is 3. The molecule has 3 amide bonds. The van der Waals surface area contributed by atoms with E-state index in [9.17, 15) is 14.4 Å². The highest BCUT2D eigenvalue weighted by Gasteiger charge is 2.30. The van der Waals surface area contributed by atoms with Crippen LogP contribution >= 0.6 is 0 Å². The number of rotatable bonds is 3. The van der Waals surface area contributed by atoms with Crippen LogP contribution in [0.5, 0.6) is 0 Å². The first kappa shape index (κ1) is 17.7. The van der Waals surface area contributed by atoms with Crippen molar-refractivity contribution in [3.05, 3.63) is 0 Å². The highest BCUT2D eigenvalue weighted by molar-refractivity contribution is 5.81. The van der Waals surface area contributed by atoms with E-state index in [2.05, 4.69) is 5.32 Å². The SMILES string of the molecule is CNC(=O)C1CN(CC(=O)N2CCOCC2)CCN(C(C)=O)C1. The highest BCUT2D eigenvalue weighted by Crippen LogP contribution is 2.11. The van der Waals surface area contributed by atoms with Crippen LogP contribution < -0.4 is 5.32 Å². The quantitative estimate of drug-likeness (QED) is 0.673. The van der Waals surface area contributed by atoms with Gasteiger partial charge in [-0.25, -0.2) is 0 Å². The van der Waals surface area contributed by atoms with Crippen molar-refractivity contribution in [3.63, 3.8) is 0 Å². The van der Waals surface area contributed by atoms with Gasteiger partial charge >= 0.3 is 0 Å². The van der Waals surface area contributed by atoms with Crippen LogP contribution in [-0.2, 0) is 19.1 Å². The number of amides is 3. The summed E-state index contributed by atoms with van der Waals surface area (Å²) in [5, 5.41) is 2.64. The Hall–Kier alpha value is -1.67. The fourth-order valence-corrected chi connectivity index (χ4v) is 2.98. The second kappa shape index (κ2) is 8.26. The van der Waals surface area contributed by atoms with Crippen molar-refractivity contribution in [2.24, 2.45) is 5.92 Å². The molecular formula is C15H26N4O4. The first-order valence-electron chi connectivity index (χ1n) is 8.06. The molecule has 8 nitrogen and oxygen atoms in total. The van der Waals surface area contributed by atoms with Gasteiger partial charge in [0.15, 0.2) is 0 Å². The van der Waals surface area contributed by atoms with Crippen LogP contribution in [0.25, 0.3) is 0 Å². The first-order valence-corrected chi connectivity index (χ1v) is 8.06. The summed E-state index contributed by atoms with van der Waals surface area (Å²) >= 11 is 0. The minimum atomic E-state index is -0.316. The molecule has 23 heavy (non-hydrogen) atoms. The summed E-state index contributed by atoms with van der Waals surface area (Å²) in [6.07, 6.45) is 0. The van der Waals surface area contributed by atoms with Gasteiger partial charge in [-0.3, -0.25) is 19.3 Å². The van der Waals surface area contributed by atoms with Crippen LogP contribution in [-0.4, -0.2) is 98.5 Å². The molecule has 2 saturated heterocycles. The summed E-state index contributed by atoms with van der Waals surface area (Å²) in [6, 6.07) is 0. The van der Waals surface area contributed by atoms with Crippen molar-refractivity contribution in [2.75, 3.05) is 66.1 Å². The van der Waals surface area contributed by atoms with Crippen molar-refractivity contribution in [3.8, 4) is 0 Å². The highest BCUT2D eigenvalue weighted by atomic mass is 16.5. The van der Waals surface area contributed by atoms with E-state index in [1.165, 1.54) is 6.92 Å². The summed E-state index contributed by atoms with van der Waals surface area (Å²) < 4.78 is 5.26. The van der Waals surface area contributed by atoms with Crippen molar-refractivity contribution >= 4 is 17.7 Å². The average Bonchev–Trinajstić information content (AvgIpc) is 2.77. The average molecular weight is 326 g/mol. The maximum Gasteiger partial charge on any atom is 0.236 e. The van der Waals surface area contributed by atoms with E-state index in [0.717, 1.165) is 0 Å². The fourth-order valence-electron chi connectivity index (χ4n) is 2.98. The molecule has 0 spiro atoms. The summed E-state index contributed by atoms with van der Waals surface area (Å²) in [5.74, 6) is -0.397. The van der Waals surface area contributed by atoms with E-state index in [4.69, 9.17) is 4.74 Å². The zero-order valence-corrected chi connectivity index (χ0v) is 13.9. The molecule has 0 radical (unpaired) electrons. The molecule has 1 atom stereocenters. The van der Waals surface area contributed by atoms with Crippen molar-refractivity contribution in [1.29, 1.82) is 0 Å². The summed E-state index contributed by atoms with van der Waals surface area (Å²) in [5.41, 5.74) is 0. The van der Waals surface area contributed by atoms with E-state index in [1.54, 1.807) is 16.8 Å². The molecular weight excluding hydrogens is 300 g/mol. The molecule has 0 aromatic rings. The van der Waals surface area contributed by atoms with Gasteiger partial charge in [0, 0.05) is 53.2 Å². The normalized spacial score (nSPS) is 23.3. The lowest BCUT2D eigenvalue weighted by Gasteiger charge is -2.30. The number of nitrogens with zero attached hydrogens (tertiary/aromatic N) is 3. The smallest absolute Gasteiger partial charge is 0.236 e. The van der Waals surface area contributed by atoms with Crippen LogP contribution in [0.15, 0.2) is 0 Å². The number of ether oxygens (including phenoxy) is 1. The van der Waals surface area contributed by atoms with E-state index < -0.39 is 0 Å². The third-order valence-corrected chi connectivity index (χ3v) is 4.39. The fraction of sp³-hybridized carbons (Fsp3) is 0.800. The van der Waals surface area contributed by atoms with Gasteiger partial charge in [-0.1, -0.05) is 0 Å². The number of hydrogen-bond acceptors (Lipinski definition) is 5. The Kier molecular flexibility index (Phi) is 6.35. The molecule has 0 aromatic carbocycles. The minimum Gasteiger partial charge on any atom is -0.378 e. The Morgan fingerprint density at radius 2 is 1.74 bits per heavy atom. The lowest BCUT2D eigenvalue weighted by molar-refractivity contribution is -0.137. The lowest BCUT2D eigenvalue weighted by atomic mass is 10.1. The predicted molar refractivity (Wildman–Crippen MR) is 83.6 cm³/mol. The van der Waals surface area contributed by atoms with Crippen LogP contribution in [0.3, 0.4) is 0 Å². The van der Waals surface area contributed by atoms with Gasteiger partial charge in [0.1, 0.15) is 0 Å². The minimum absolute atomic E-state index is 0.0414. The van der Waals surface area contributed by atoms with Crippen molar-refractivity contribution < 1.29 is 19.1 Å². The Labute approximate surface area is 136 Å². The molecule has 2 rings (SSSR count). The van der Waals surface area contributed by atoms with E-state index in [-0.39, 0.29) is 30.2 Å². The largest absolute Gasteiger partial charge is 0.378 e. The van der Waals surface area contributed by atoms with Gasteiger partial charge in [-0.15, -0.1) is 0 Å². The molecule has 2 aliphatic rings. The van der Waals surface area contributed by atoms with Gasteiger partial charge in [0.2, 0.25) is 17.7 Å². The molecule has 8 heteroatoms. The summed E-state index contributed by atoms with van der Waals surface area (Å²) in [4.78, 5) is 41.5. The van der Waals surface area contributed by atoms with Crippen LogP contribution in [0.2, 0.25) is 0 Å². The molecule has 2 fully saturated rings. The first-order chi connectivity index (χ1) is 11.0.